The average molecular weight is 1090 g/mol. The van der Waals surface area contributed by atoms with Crippen LogP contribution in [0.2, 0.25) is 0 Å². The van der Waals surface area contributed by atoms with E-state index in [0.29, 0.717) is 0 Å². The third kappa shape index (κ3) is 17.1. The van der Waals surface area contributed by atoms with Crippen molar-refractivity contribution in [3.63, 3.8) is 0 Å². The van der Waals surface area contributed by atoms with Crippen molar-refractivity contribution in [1.82, 2.24) is 24.7 Å². The zero-order valence-electron chi connectivity index (χ0n) is 16.8. The second kappa shape index (κ2) is 31.1. The Morgan fingerprint density at radius 1 is 0.935 bits per heavy atom. The van der Waals surface area contributed by atoms with Crippen LogP contribution in [-0.2, 0) is 301 Å². The maximum atomic E-state index is 6.25. The van der Waals surface area contributed by atoms with Crippen LogP contribution in [0.4, 0.5) is 0 Å². The van der Waals surface area contributed by atoms with Crippen molar-refractivity contribution in [1.29, 1.82) is 5.26 Å². The molecule has 0 saturated heterocycles. The minimum atomic E-state index is 0. The molecule has 0 fully saturated rings. The molecular formula is C16H12N6Y9-2. The molecule has 4 rings (SSSR count). The third-order valence-corrected chi connectivity index (χ3v) is 3.34. The van der Waals surface area contributed by atoms with Gasteiger partial charge in [0.05, 0.1) is 11.9 Å². The molecule has 0 unspecified atom stereocenters. The first-order chi connectivity index (χ1) is 10.9. The van der Waals surface area contributed by atoms with Gasteiger partial charge in [-0.3, -0.25) is 4.68 Å². The molecule has 0 saturated carbocycles. The van der Waals surface area contributed by atoms with E-state index in [1.807, 2.05) is 41.5 Å². The first-order valence-corrected chi connectivity index (χ1v) is 6.64. The molecule has 3 aromatic heterocycles. The van der Waals surface area contributed by atoms with Crippen LogP contribution in [0, 0.1) is 11.8 Å². The van der Waals surface area contributed by atoms with E-state index in [2.05, 4.69) is 32.2 Å². The maximum absolute atomic E-state index is 6.25. The summed E-state index contributed by atoms with van der Waals surface area (Å²) in [7, 11) is 0. The molecule has 0 aliphatic heterocycles. The van der Waals surface area contributed by atoms with Crippen molar-refractivity contribution in [3.05, 3.63) is 67.4 Å². The van der Waals surface area contributed by atoms with Gasteiger partial charge in [-0.2, -0.15) is 17.2 Å². The first-order valence-electron chi connectivity index (χ1n) is 6.64. The normalized spacial score (nSPS) is 7.29. The van der Waals surface area contributed by atoms with Crippen LogP contribution in [0.3, 0.4) is 0 Å². The smallest absolute Gasteiger partial charge is 0.141 e. The van der Waals surface area contributed by atoms with Crippen molar-refractivity contribution >= 4 is 11.0 Å². The zero-order valence-corrected chi connectivity index (χ0v) is 42.4. The quantitative estimate of drug-likeness (QED) is 0.321. The summed E-state index contributed by atoms with van der Waals surface area (Å²) in [4.78, 5) is 11.7. The van der Waals surface area contributed by atoms with Crippen molar-refractivity contribution < 1.29 is 294 Å². The number of H-pyrrole nitrogens is 1. The van der Waals surface area contributed by atoms with E-state index in [1.165, 1.54) is 5.56 Å². The van der Waals surface area contributed by atoms with Gasteiger partial charge in [0.1, 0.15) is 12.0 Å². The van der Waals surface area contributed by atoms with Gasteiger partial charge < -0.3 is 16.8 Å². The number of rotatable bonds is 3. The number of fused-ring (bicyclic) bond motifs is 1. The van der Waals surface area contributed by atoms with Gasteiger partial charge in [-0.15, -0.1) is 5.56 Å². The van der Waals surface area contributed by atoms with Gasteiger partial charge >= 0.3 is 0 Å². The number of aromatic nitrogens is 5. The van der Waals surface area contributed by atoms with Crippen molar-refractivity contribution in [2.75, 3.05) is 0 Å². The Balaban J connectivity index is -0.000000102. The average Bonchev–Trinajstić information content (AvgIpc) is 3.30. The molecule has 0 aliphatic rings. The molecule has 9 radical (unpaired) electrons. The van der Waals surface area contributed by atoms with E-state index in [4.69, 9.17) is 11.8 Å². The Morgan fingerprint density at radius 2 is 1.58 bits per heavy atom. The second-order valence-electron chi connectivity index (χ2n) is 4.68. The SMILES string of the molecule is [C-]#N.[Y].[Y].[Y].[Y].[Y].[Y].[Y].[Y].[Y].c1c[cH-]c(Cn2cc(-c3ncnc4[nH]ccc34)cn2)c1. The first kappa shape index (κ1) is 53.8. The van der Waals surface area contributed by atoms with Gasteiger partial charge in [-0.05, 0) is 6.07 Å². The minimum Gasteiger partial charge on any atom is -0.512 e. The van der Waals surface area contributed by atoms with Gasteiger partial charge in [-0.1, -0.05) is 0 Å². The Morgan fingerprint density at radius 3 is 2.16 bits per heavy atom. The third-order valence-electron chi connectivity index (χ3n) is 3.34. The monoisotopic (exact) mass is 1090 g/mol. The summed E-state index contributed by atoms with van der Waals surface area (Å²) in [6.07, 6.45) is 7.30. The summed E-state index contributed by atoms with van der Waals surface area (Å²) in [5, 5.41) is 11.7. The van der Waals surface area contributed by atoms with Crippen LogP contribution in [0.25, 0.3) is 22.3 Å². The van der Waals surface area contributed by atoms with Crippen LogP contribution in [-0.4, -0.2) is 24.7 Å². The summed E-state index contributed by atoms with van der Waals surface area (Å²) in [6.45, 7) is 5.52. The fraction of sp³-hybridized carbons (Fsp3) is 0.0625. The summed E-state index contributed by atoms with van der Waals surface area (Å²) in [5.74, 6) is 0. The summed E-state index contributed by atoms with van der Waals surface area (Å²) in [6, 6.07) is 10.2. The fourth-order valence-electron chi connectivity index (χ4n) is 2.38. The van der Waals surface area contributed by atoms with Gasteiger partial charge in [0.2, 0.25) is 0 Å². The van der Waals surface area contributed by atoms with Crippen LogP contribution >= 0.6 is 0 Å². The largest absolute Gasteiger partial charge is 0.512 e. The molecule has 6 nitrogen and oxygen atoms in total. The molecule has 1 aromatic carbocycles. The van der Waals surface area contributed by atoms with E-state index in [1.54, 1.807) is 6.33 Å². The van der Waals surface area contributed by atoms with Crippen LogP contribution in [0.15, 0.2) is 55.2 Å². The topological polar surface area (TPSA) is 83.2 Å². The molecule has 0 aliphatic carbocycles. The van der Waals surface area contributed by atoms with Crippen molar-refractivity contribution in [2.24, 2.45) is 0 Å². The molecule has 0 spiro atoms. The second-order valence-corrected chi connectivity index (χ2v) is 4.68. The standard InChI is InChI=1S/C15H12N5.CN.9Y/c1-2-4-11(3-1)8-20-9-12(7-19-20)14-13-5-6-16-15(13)18-10-17-14;1-2;;;;;;;;;/h1-7,9-10H,8H2,(H,16,17,18);;;;;;;;;;/q2*-1;;;;;;;;;. The van der Waals surface area contributed by atoms with E-state index in [-0.39, 0.29) is 294 Å². The fourth-order valence-corrected chi connectivity index (χ4v) is 2.38. The van der Waals surface area contributed by atoms with Crippen LogP contribution in [0.5, 0.6) is 0 Å². The van der Waals surface area contributed by atoms with Crippen molar-refractivity contribution in [3.8, 4) is 11.3 Å². The van der Waals surface area contributed by atoms with Gasteiger partial charge in [0.15, 0.2) is 0 Å². The number of nitrogens with one attached hydrogen (secondary N) is 1. The molecule has 31 heavy (non-hydrogen) atoms. The summed E-state index contributed by atoms with van der Waals surface area (Å²) in [5.41, 5.74) is 4.00. The Hall–Kier alpha value is 6.61. The molecule has 15 heteroatoms. The van der Waals surface area contributed by atoms with Crippen LogP contribution < -0.4 is 0 Å². The molecule has 4 aromatic rings. The molecule has 3 heterocycles. The Labute approximate surface area is 409 Å². The molecular weight excluding hydrogens is 1080 g/mol. The predicted octanol–water partition coefficient (Wildman–Crippen LogP) is 2.66. The molecule has 1 N–H and O–H groups in total. The Bertz CT molecular complexity index is 908. The van der Waals surface area contributed by atoms with Gasteiger partial charge in [-0.25, -0.2) is 22.1 Å². The molecule has 135 valence electrons. The molecule has 0 atom stereocenters. The Kier molecular flexibility index (Phi) is 54.0. The summed E-state index contributed by atoms with van der Waals surface area (Å²) < 4.78 is 1.92. The number of hydrogen-bond donors (Lipinski definition) is 1. The van der Waals surface area contributed by atoms with Gasteiger partial charge in [0, 0.05) is 324 Å². The zero-order chi connectivity index (χ0) is 15.4. The van der Waals surface area contributed by atoms with E-state index >= 15 is 0 Å². The van der Waals surface area contributed by atoms with Crippen LogP contribution in [0.1, 0.15) is 5.56 Å². The number of aromatic amines is 1. The predicted molar refractivity (Wildman–Crippen MR) is 81.2 cm³/mol. The van der Waals surface area contributed by atoms with E-state index in [0.717, 1.165) is 28.8 Å². The minimum absolute atomic E-state index is 0. The summed E-state index contributed by atoms with van der Waals surface area (Å²) >= 11 is 0. The van der Waals surface area contributed by atoms with Crippen molar-refractivity contribution in [2.45, 2.75) is 6.54 Å². The van der Waals surface area contributed by atoms with Gasteiger partial charge in [0.25, 0.3) is 0 Å². The maximum Gasteiger partial charge on any atom is 0.141 e. The molecule has 0 bridgehead atoms. The number of nitrogens with zero attached hydrogens (tertiary/aromatic N) is 5. The van der Waals surface area contributed by atoms with E-state index < -0.39 is 0 Å². The molecule has 0 amide bonds. The number of hydrogen-bond acceptors (Lipinski definition) is 4. The van der Waals surface area contributed by atoms with E-state index in [9.17, 15) is 0 Å².